The van der Waals surface area contributed by atoms with E-state index in [4.69, 9.17) is 16.6 Å². The molecule has 0 bridgehead atoms. The number of fused-ring (bicyclic) bond motifs is 1. The van der Waals surface area contributed by atoms with Crippen LogP contribution in [0.2, 0.25) is 5.02 Å². The fourth-order valence-electron chi connectivity index (χ4n) is 4.42. The van der Waals surface area contributed by atoms with Crippen LogP contribution in [0.1, 0.15) is 54.4 Å². The van der Waals surface area contributed by atoms with Crippen molar-refractivity contribution in [2.75, 3.05) is 0 Å². The van der Waals surface area contributed by atoms with Crippen LogP contribution in [-0.2, 0) is 5.41 Å². The van der Waals surface area contributed by atoms with Crippen LogP contribution in [0.25, 0.3) is 28.7 Å². The molecule has 4 aromatic carbocycles. The van der Waals surface area contributed by atoms with Gasteiger partial charge in [0.15, 0.2) is 0 Å². The summed E-state index contributed by atoms with van der Waals surface area (Å²) in [6.45, 7) is 8.60. The quantitative estimate of drug-likeness (QED) is 0.221. The summed E-state index contributed by atoms with van der Waals surface area (Å²) in [5.41, 5.74) is 6.46. The van der Waals surface area contributed by atoms with Gasteiger partial charge in [-0.25, -0.2) is 4.98 Å². The van der Waals surface area contributed by atoms with Gasteiger partial charge < -0.3 is 0 Å². The second kappa shape index (κ2) is 10.8. The van der Waals surface area contributed by atoms with Crippen molar-refractivity contribution in [2.45, 2.75) is 33.1 Å². The Kier molecular flexibility index (Phi) is 7.24. The lowest BCUT2D eigenvalue weighted by atomic mass is 9.87. The van der Waals surface area contributed by atoms with Crippen molar-refractivity contribution in [3.8, 4) is 17.5 Å². The van der Waals surface area contributed by atoms with Gasteiger partial charge in [-0.05, 0) is 89.7 Å². The Labute approximate surface area is 234 Å². The van der Waals surface area contributed by atoms with Gasteiger partial charge in [-0.1, -0.05) is 86.7 Å². The van der Waals surface area contributed by atoms with Crippen LogP contribution in [0.4, 0.5) is 0 Å². The topological polar surface area (TPSA) is 34.9 Å². The first-order chi connectivity index (χ1) is 18.7. The molecule has 0 aliphatic heterocycles. The minimum atomic E-state index is -0.114. The lowest BCUT2D eigenvalue weighted by Gasteiger charge is -2.18. The lowest BCUT2D eigenvalue weighted by molar-refractivity contribution is 0.590. The fraction of sp³-hybridized carbons (Fsp3) is 0.143. The molecule has 3 nitrogen and oxygen atoms in total. The van der Waals surface area contributed by atoms with Crippen molar-refractivity contribution in [2.24, 2.45) is 0 Å². The van der Waals surface area contributed by atoms with Crippen LogP contribution in [0.5, 0.6) is 0 Å². The third-order valence-electron chi connectivity index (χ3n) is 6.64. The van der Waals surface area contributed by atoms with E-state index in [2.05, 4.69) is 56.9 Å². The molecule has 0 saturated carbocycles. The number of para-hydroxylation sites is 1. The third-order valence-corrected chi connectivity index (χ3v) is 6.89. The second-order valence-corrected chi connectivity index (χ2v) is 11.0. The van der Waals surface area contributed by atoms with Crippen LogP contribution in [-0.4, -0.2) is 9.55 Å². The Morgan fingerprint density at radius 1 is 0.821 bits per heavy atom. The maximum Gasteiger partial charge on any atom is 0.266 e. The van der Waals surface area contributed by atoms with Gasteiger partial charge in [0.2, 0.25) is 0 Å². The highest BCUT2D eigenvalue weighted by molar-refractivity contribution is 6.30. The van der Waals surface area contributed by atoms with Crippen molar-refractivity contribution in [1.82, 2.24) is 9.55 Å². The summed E-state index contributed by atoms with van der Waals surface area (Å²) in [7, 11) is 0. The van der Waals surface area contributed by atoms with Gasteiger partial charge >= 0.3 is 0 Å². The monoisotopic (exact) mass is 528 g/mol. The van der Waals surface area contributed by atoms with Crippen molar-refractivity contribution >= 4 is 34.7 Å². The number of rotatable bonds is 3. The van der Waals surface area contributed by atoms with Crippen molar-refractivity contribution in [1.29, 1.82) is 0 Å². The smallest absolute Gasteiger partial charge is 0.266 e. The van der Waals surface area contributed by atoms with E-state index in [0.29, 0.717) is 21.7 Å². The highest BCUT2D eigenvalue weighted by atomic mass is 35.5. The second-order valence-electron chi connectivity index (χ2n) is 10.6. The Balaban J connectivity index is 1.54. The van der Waals surface area contributed by atoms with Crippen LogP contribution in [0.15, 0.2) is 95.8 Å². The minimum absolute atomic E-state index is 0.109. The molecule has 5 aromatic rings. The molecule has 39 heavy (non-hydrogen) atoms. The van der Waals surface area contributed by atoms with Gasteiger partial charge in [-0.3, -0.25) is 9.36 Å². The SMILES string of the molecule is Cc1cc(C#Cc2ccc(C(C)(C)C)cc2)ccc1-n1c(/C=C/c2ccc(Cl)cc2)nc2ccccc2c1=O. The van der Waals surface area contributed by atoms with Crippen molar-refractivity contribution < 1.29 is 0 Å². The molecule has 192 valence electrons. The molecule has 0 amide bonds. The van der Waals surface area contributed by atoms with E-state index in [1.54, 1.807) is 4.57 Å². The molecular weight excluding hydrogens is 500 g/mol. The predicted molar refractivity (Wildman–Crippen MR) is 164 cm³/mol. The Hall–Kier alpha value is -4.39. The number of aromatic nitrogens is 2. The summed E-state index contributed by atoms with van der Waals surface area (Å²) in [6.07, 6.45) is 3.80. The number of aryl methyl sites for hydroxylation is 1. The fourth-order valence-corrected chi connectivity index (χ4v) is 4.55. The van der Waals surface area contributed by atoms with Gasteiger partial charge in [0.05, 0.1) is 16.6 Å². The standard InChI is InChI=1S/C35H29ClN2O/c1-24-23-27(10-9-25-11-17-28(18-12-25)35(2,3)4)15-21-32(24)38-33(22-16-26-13-19-29(36)20-14-26)37-31-8-6-5-7-30(31)34(38)39/h5-8,11-23H,1-4H3/b22-16+. The number of nitrogens with zero attached hydrogens (tertiary/aromatic N) is 2. The summed E-state index contributed by atoms with van der Waals surface area (Å²) in [4.78, 5) is 18.5. The van der Waals surface area contributed by atoms with E-state index in [1.807, 2.05) is 85.8 Å². The van der Waals surface area contributed by atoms with Gasteiger partial charge in [0.1, 0.15) is 5.82 Å². The first-order valence-corrected chi connectivity index (χ1v) is 13.3. The zero-order chi connectivity index (χ0) is 27.6. The Bertz CT molecular complexity index is 1810. The maximum absolute atomic E-state index is 13.7. The highest BCUT2D eigenvalue weighted by Crippen LogP contribution is 2.23. The normalized spacial score (nSPS) is 11.5. The van der Waals surface area contributed by atoms with E-state index >= 15 is 0 Å². The van der Waals surface area contributed by atoms with Crippen LogP contribution in [0.3, 0.4) is 0 Å². The maximum atomic E-state index is 13.7. The summed E-state index contributed by atoms with van der Waals surface area (Å²) in [5.74, 6) is 7.09. The summed E-state index contributed by atoms with van der Waals surface area (Å²) in [6, 6.07) is 29.3. The first-order valence-electron chi connectivity index (χ1n) is 12.9. The van der Waals surface area contributed by atoms with Gasteiger partial charge in [-0.2, -0.15) is 0 Å². The van der Waals surface area contributed by atoms with Crippen LogP contribution >= 0.6 is 11.6 Å². The molecule has 0 saturated heterocycles. The highest BCUT2D eigenvalue weighted by Gasteiger charge is 2.14. The lowest BCUT2D eigenvalue weighted by Crippen LogP contribution is -2.23. The molecule has 0 fully saturated rings. The number of hydrogen-bond acceptors (Lipinski definition) is 2. The molecule has 0 aliphatic rings. The molecule has 0 N–H and O–H groups in total. The molecule has 1 heterocycles. The molecular formula is C35H29ClN2O. The van der Waals surface area contributed by atoms with E-state index in [-0.39, 0.29) is 11.0 Å². The molecule has 4 heteroatoms. The molecule has 5 rings (SSSR count). The van der Waals surface area contributed by atoms with E-state index < -0.39 is 0 Å². The Morgan fingerprint density at radius 2 is 1.49 bits per heavy atom. The molecule has 0 radical (unpaired) electrons. The molecule has 0 spiro atoms. The average molecular weight is 529 g/mol. The summed E-state index contributed by atoms with van der Waals surface area (Å²) >= 11 is 6.04. The van der Waals surface area contributed by atoms with Crippen molar-refractivity contribution in [3.63, 3.8) is 0 Å². The number of halogens is 1. The van der Waals surface area contributed by atoms with Crippen LogP contribution < -0.4 is 5.56 Å². The Morgan fingerprint density at radius 3 is 2.18 bits per heavy atom. The van der Waals surface area contributed by atoms with Gasteiger partial charge in [-0.15, -0.1) is 0 Å². The van der Waals surface area contributed by atoms with E-state index in [1.165, 1.54) is 5.56 Å². The van der Waals surface area contributed by atoms with Gasteiger partial charge in [0.25, 0.3) is 5.56 Å². The molecule has 1 aromatic heterocycles. The summed E-state index contributed by atoms with van der Waals surface area (Å²) < 4.78 is 1.67. The van der Waals surface area contributed by atoms with E-state index in [9.17, 15) is 4.79 Å². The summed E-state index contributed by atoms with van der Waals surface area (Å²) in [5, 5.41) is 1.25. The number of hydrogen-bond donors (Lipinski definition) is 0. The first kappa shape index (κ1) is 26.2. The van der Waals surface area contributed by atoms with Crippen LogP contribution in [0, 0.1) is 18.8 Å². The zero-order valence-electron chi connectivity index (χ0n) is 22.5. The third kappa shape index (κ3) is 5.87. The average Bonchev–Trinajstić information content (AvgIpc) is 2.92. The van der Waals surface area contributed by atoms with Gasteiger partial charge in [0, 0.05) is 16.1 Å². The predicted octanol–water partition coefficient (Wildman–Crippen LogP) is 8.22. The zero-order valence-corrected chi connectivity index (χ0v) is 23.3. The molecule has 0 atom stereocenters. The number of benzene rings is 4. The van der Waals surface area contributed by atoms with E-state index in [0.717, 1.165) is 27.9 Å². The molecule has 0 aliphatic carbocycles. The minimum Gasteiger partial charge on any atom is -0.268 e. The largest absolute Gasteiger partial charge is 0.268 e. The van der Waals surface area contributed by atoms with Crippen molar-refractivity contribution in [3.05, 3.63) is 140 Å². The molecule has 0 unspecified atom stereocenters.